The number of hydrogen-bond acceptors (Lipinski definition) is 1. The lowest BCUT2D eigenvalue weighted by Gasteiger charge is -2.28. The van der Waals surface area contributed by atoms with Gasteiger partial charge in [0, 0.05) is 12.6 Å². The molecule has 1 nitrogen and oxygen atoms in total. The van der Waals surface area contributed by atoms with Crippen molar-refractivity contribution in [2.45, 2.75) is 71.8 Å². The van der Waals surface area contributed by atoms with Crippen LogP contribution in [0.15, 0.2) is 0 Å². The van der Waals surface area contributed by atoms with Crippen LogP contribution >= 0.6 is 0 Å². The monoisotopic (exact) mass is 197 g/mol. The predicted molar refractivity (Wildman–Crippen MR) is 63.6 cm³/mol. The van der Waals surface area contributed by atoms with Gasteiger partial charge in [-0.05, 0) is 31.1 Å². The highest BCUT2D eigenvalue weighted by Gasteiger charge is 2.26. The lowest BCUT2D eigenvalue weighted by atomic mass is 9.82. The Bertz CT molecular complexity index is 151. The third-order valence-electron chi connectivity index (χ3n) is 3.63. The molecule has 0 heterocycles. The molecular formula is C13H27N. The van der Waals surface area contributed by atoms with Crippen LogP contribution in [-0.4, -0.2) is 12.6 Å². The van der Waals surface area contributed by atoms with Crippen LogP contribution in [0.25, 0.3) is 0 Å². The van der Waals surface area contributed by atoms with Crippen LogP contribution in [-0.2, 0) is 0 Å². The molecule has 0 aliphatic heterocycles. The van der Waals surface area contributed by atoms with Crippen LogP contribution in [0, 0.1) is 5.41 Å². The summed E-state index contributed by atoms with van der Waals surface area (Å²) in [7, 11) is 0. The van der Waals surface area contributed by atoms with Gasteiger partial charge in [0.25, 0.3) is 0 Å². The van der Waals surface area contributed by atoms with E-state index in [-0.39, 0.29) is 0 Å². The summed E-state index contributed by atoms with van der Waals surface area (Å²) in [5, 5.41) is 3.68. The molecule has 0 aromatic carbocycles. The summed E-state index contributed by atoms with van der Waals surface area (Å²) in [4.78, 5) is 0. The molecule has 1 aliphatic rings. The van der Waals surface area contributed by atoms with Gasteiger partial charge in [-0.25, -0.2) is 0 Å². The van der Waals surface area contributed by atoms with E-state index in [1.165, 1.54) is 51.5 Å². The summed E-state index contributed by atoms with van der Waals surface area (Å²) >= 11 is 0. The smallest absolute Gasteiger partial charge is 0.00684 e. The van der Waals surface area contributed by atoms with Crippen LogP contribution in [0.2, 0.25) is 0 Å². The van der Waals surface area contributed by atoms with Crippen molar-refractivity contribution in [2.24, 2.45) is 5.41 Å². The average Bonchev–Trinajstić information content (AvgIpc) is 2.99. The van der Waals surface area contributed by atoms with Gasteiger partial charge in [-0.2, -0.15) is 0 Å². The van der Waals surface area contributed by atoms with E-state index >= 15 is 0 Å². The van der Waals surface area contributed by atoms with Crippen molar-refractivity contribution in [2.75, 3.05) is 6.54 Å². The Morgan fingerprint density at radius 2 is 1.93 bits per heavy atom. The third kappa shape index (κ3) is 4.45. The van der Waals surface area contributed by atoms with Gasteiger partial charge < -0.3 is 5.32 Å². The second kappa shape index (κ2) is 5.75. The summed E-state index contributed by atoms with van der Waals surface area (Å²) in [6.45, 7) is 8.29. The van der Waals surface area contributed by atoms with Crippen molar-refractivity contribution < 1.29 is 0 Å². The number of nitrogens with one attached hydrogen (secondary N) is 1. The largest absolute Gasteiger partial charge is 0.313 e. The molecule has 14 heavy (non-hydrogen) atoms. The molecule has 0 amide bonds. The van der Waals surface area contributed by atoms with E-state index in [2.05, 4.69) is 26.1 Å². The molecule has 1 unspecified atom stereocenters. The summed E-state index contributed by atoms with van der Waals surface area (Å²) < 4.78 is 0. The number of hydrogen-bond donors (Lipinski definition) is 1. The molecule has 1 aliphatic carbocycles. The second-order valence-electron chi connectivity index (χ2n) is 5.28. The van der Waals surface area contributed by atoms with Crippen LogP contribution in [0.1, 0.15) is 65.7 Å². The maximum absolute atomic E-state index is 3.68. The summed E-state index contributed by atoms with van der Waals surface area (Å²) in [5.41, 5.74) is 0.553. The van der Waals surface area contributed by atoms with Crippen LogP contribution in [0.5, 0.6) is 0 Å². The SMILES string of the molecule is CCCCCC(C)(CC)CNC1CC1. The molecule has 84 valence electrons. The van der Waals surface area contributed by atoms with E-state index in [4.69, 9.17) is 0 Å². The van der Waals surface area contributed by atoms with E-state index in [9.17, 15) is 0 Å². The minimum Gasteiger partial charge on any atom is -0.313 e. The quantitative estimate of drug-likeness (QED) is 0.585. The van der Waals surface area contributed by atoms with E-state index in [0.717, 1.165) is 6.04 Å². The first kappa shape index (κ1) is 12.0. The Kier molecular flexibility index (Phi) is 4.94. The zero-order valence-corrected chi connectivity index (χ0v) is 10.2. The fourth-order valence-corrected chi connectivity index (χ4v) is 1.87. The van der Waals surface area contributed by atoms with Gasteiger partial charge in [0.15, 0.2) is 0 Å². The minimum absolute atomic E-state index is 0.553. The lowest BCUT2D eigenvalue weighted by Crippen LogP contribution is -2.32. The molecule has 0 aromatic heterocycles. The van der Waals surface area contributed by atoms with Gasteiger partial charge in [-0.3, -0.25) is 0 Å². The highest BCUT2D eigenvalue weighted by molar-refractivity contribution is 4.85. The zero-order valence-electron chi connectivity index (χ0n) is 10.2. The fourth-order valence-electron chi connectivity index (χ4n) is 1.87. The molecule has 1 N–H and O–H groups in total. The molecule has 0 spiro atoms. The maximum Gasteiger partial charge on any atom is 0.00684 e. The van der Waals surface area contributed by atoms with E-state index in [1.54, 1.807) is 0 Å². The first-order chi connectivity index (χ1) is 6.70. The van der Waals surface area contributed by atoms with Gasteiger partial charge >= 0.3 is 0 Å². The highest BCUT2D eigenvalue weighted by atomic mass is 15.0. The van der Waals surface area contributed by atoms with Crippen molar-refractivity contribution >= 4 is 0 Å². The van der Waals surface area contributed by atoms with Gasteiger partial charge in [0.2, 0.25) is 0 Å². The summed E-state index contributed by atoms with van der Waals surface area (Å²) in [6.07, 6.45) is 9.69. The normalized spacial score (nSPS) is 20.8. The lowest BCUT2D eigenvalue weighted by molar-refractivity contribution is 0.259. The summed E-state index contributed by atoms with van der Waals surface area (Å²) in [5.74, 6) is 0. The topological polar surface area (TPSA) is 12.0 Å². The minimum atomic E-state index is 0.553. The molecule has 1 fully saturated rings. The molecule has 0 bridgehead atoms. The first-order valence-corrected chi connectivity index (χ1v) is 6.43. The van der Waals surface area contributed by atoms with E-state index in [0.29, 0.717) is 5.41 Å². The second-order valence-corrected chi connectivity index (χ2v) is 5.28. The van der Waals surface area contributed by atoms with Crippen LogP contribution < -0.4 is 5.32 Å². The van der Waals surface area contributed by atoms with Crippen LogP contribution in [0.3, 0.4) is 0 Å². The van der Waals surface area contributed by atoms with Crippen molar-refractivity contribution in [1.82, 2.24) is 5.32 Å². The van der Waals surface area contributed by atoms with Crippen LogP contribution in [0.4, 0.5) is 0 Å². The zero-order chi connectivity index (χ0) is 10.4. The van der Waals surface area contributed by atoms with Gasteiger partial charge in [0.1, 0.15) is 0 Å². The molecule has 1 atom stereocenters. The fraction of sp³-hybridized carbons (Fsp3) is 1.00. The molecule has 0 saturated heterocycles. The summed E-state index contributed by atoms with van der Waals surface area (Å²) in [6, 6.07) is 0.868. The molecule has 1 rings (SSSR count). The van der Waals surface area contributed by atoms with Crippen molar-refractivity contribution in [3.05, 3.63) is 0 Å². The maximum atomic E-state index is 3.68. The van der Waals surface area contributed by atoms with Gasteiger partial charge in [-0.1, -0.05) is 40.0 Å². The Balaban J connectivity index is 2.15. The Labute approximate surface area is 89.7 Å². The standard InChI is InChI=1S/C13H27N/c1-4-6-7-10-13(3,5-2)11-14-12-8-9-12/h12,14H,4-11H2,1-3H3. The Morgan fingerprint density at radius 3 is 2.43 bits per heavy atom. The molecule has 0 radical (unpaired) electrons. The van der Waals surface area contributed by atoms with Gasteiger partial charge in [-0.15, -0.1) is 0 Å². The predicted octanol–water partition coefficient (Wildman–Crippen LogP) is 3.74. The van der Waals surface area contributed by atoms with E-state index < -0.39 is 0 Å². The highest BCUT2D eigenvalue weighted by Crippen LogP contribution is 2.29. The first-order valence-electron chi connectivity index (χ1n) is 6.43. The Morgan fingerprint density at radius 1 is 1.21 bits per heavy atom. The van der Waals surface area contributed by atoms with Crippen molar-refractivity contribution in [3.63, 3.8) is 0 Å². The molecular weight excluding hydrogens is 170 g/mol. The third-order valence-corrected chi connectivity index (χ3v) is 3.63. The number of rotatable bonds is 8. The number of unbranched alkanes of at least 4 members (excludes halogenated alkanes) is 2. The Hall–Kier alpha value is -0.0400. The average molecular weight is 197 g/mol. The molecule has 1 heteroatoms. The van der Waals surface area contributed by atoms with E-state index in [1.807, 2.05) is 0 Å². The van der Waals surface area contributed by atoms with Gasteiger partial charge in [0.05, 0.1) is 0 Å². The van der Waals surface area contributed by atoms with Crippen molar-refractivity contribution in [3.8, 4) is 0 Å². The van der Waals surface area contributed by atoms with Crippen molar-refractivity contribution in [1.29, 1.82) is 0 Å². The molecule has 0 aromatic rings. The molecule has 1 saturated carbocycles.